The molecule has 2 fully saturated rings. The van der Waals surface area contributed by atoms with Gasteiger partial charge in [0.05, 0.1) is 36.0 Å². The van der Waals surface area contributed by atoms with Crippen molar-refractivity contribution >= 4 is 35.2 Å². The molecule has 7 rings (SSSR count). The van der Waals surface area contributed by atoms with Crippen LogP contribution >= 0.6 is 12.4 Å². The Bertz CT molecular complexity index is 1660. The number of fused-ring (bicyclic) bond motifs is 1. The van der Waals surface area contributed by atoms with Gasteiger partial charge >= 0.3 is 0 Å². The summed E-state index contributed by atoms with van der Waals surface area (Å²) in [5.41, 5.74) is 10.1. The number of nitrogens with zero attached hydrogens (tertiary/aromatic N) is 8. The fraction of sp³-hybridized carbons (Fsp3) is 0.345. The Morgan fingerprint density at radius 2 is 1.69 bits per heavy atom. The van der Waals surface area contributed by atoms with E-state index in [-0.39, 0.29) is 18.2 Å². The molecule has 0 unspecified atom stereocenters. The van der Waals surface area contributed by atoms with E-state index in [0.717, 1.165) is 85.2 Å². The van der Waals surface area contributed by atoms with Gasteiger partial charge in [0, 0.05) is 68.4 Å². The van der Waals surface area contributed by atoms with Gasteiger partial charge in [-0.2, -0.15) is 5.10 Å². The van der Waals surface area contributed by atoms with Gasteiger partial charge in [0.2, 0.25) is 5.95 Å². The molecule has 42 heavy (non-hydrogen) atoms. The van der Waals surface area contributed by atoms with Crippen LogP contribution in [0.5, 0.6) is 0 Å². The highest BCUT2D eigenvalue weighted by atomic mass is 35.5. The van der Waals surface area contributed by atoms with E-state index < -0.39 is 5.54 Å². The topological polar surface area (TPSA) is 127 Å². The number of H-pyrrole nitrogens is 1. The Kier molecular flexibility index (Phi) is 7.52. The Hall–Kier alpha value is -4.13. The van der Waals surface area contributed by atoms with Gasteiger partial charge in [0.25, 0.3) is 0 Å². The molecule has 5 aromatic rings. The van der Waals surface area contributed by atoms with Crippen molar-refractivity contribution in [1.82, 2.24) is 34.7 Å². The van der Waals surface area contributed by atoms with Crippen LogP contribution in [-0.4, -0.2) is 74.1 Å². The molecule has 4 aromatic heterocycles. The first-order valence-electron chi connectivity index (χ1n) is 13.8. The van der Waals surface area contributed by atoms with Crippen molar-refractivity contribution in [3.63, 3.8) is 0 Å². The highest BCUT2D eigenvalue weighted by Crippen LogP contribution is 2.30. The number of halogens is 2. The van der Waals surface area contributed by atoms with Gasteiger partial charge in [-0.1, -0.05) is 12.1 Å². The molecule has 2 aliphatic heterocycles. The molecule has 0 saturated carbocycles. The van der Waals surface area contributed by atoms with Crippen LogP contribution in [0.2, 0.25) is 0 Å². The van der Waals surface area contributed by atoms with Gasteiger partial charge in [-0.05, 0) is 30.7 Å². The first kappa shape index (κ1) is 28.0. The third kappa shape index (κ3) is 5.28. The molecule has 0 amide bonds. The number of piperazine rings is 1. The maximum Gasteiger partial charge on any atom is 0.225 e. The first-order chi connectivity index (χ1) is 19.9. The second kappa shape index (κ2) is 11.3. The molecular formula is C29H32ClFN10O. The third-order valence-electron chi connectivity index (χ3n) is 8.05. The molecule has 0 aliphatic carbocycles. The quantitative estimate of drug-likeness (QED) is 0.293. The van der Waals surface area contributed by atoms with Crippen LogP contribution in [0.25, 0.3) is 22.3 Å². The number of aromatic amines is 1. The fourth-order valence-corrected chi connectivity index (χ4v) is 5.42. The molecule has 0 bridgehead atoms. The minimum atomic E-state index is -0.830. The second-order valence-corrected chi connectivity index (χ2v) is 11.0. The van der Waals surface area contributed by atoms with Crippen LogP contribution in [0, 0.1) is 11.7 Å². The predicted octanol–water partition coefficient (Wildman–Crippen LogP) is 3.37. The van der Waals surface area contributed by atoms with Crippen molar-refractivity contribution in [3.8, 4) is 11.3 Å². The van der Waals surface area contributed by atoms with E-state index in [1.54, 1.807) is 30.9 Å². The van der Waals surface area contributed by atoms with E-state index in [9.17, 15) is 4.39 Å². The molecule has 3 N–H and O–H groups in total. The fourth-order valence-electron chi connectivity index (χ4n) is 5.42. The molecule has 2 aliphatic rings. The SMILES string of the molecule is C[C@](N)(c1ccc(F)cc1)c1cnc(N2CCN(c3ncnc4[nH]c(-c5cnn(CC6COC6)c5)cc34)CC2)nc1.Cl. The molecule has 1 aromatic carbocycles. The van der Waals surface area contributed by atoms with Gasteiger partial charge < -0.3 is 25.3 Å². The first-order valence-corrected chi connectivity index (χ1v) is 13.8. The van der Waals surface area contributed by atoms with Gasteiger partial charge in [-0.25, -0.2) is 24.3 Å². The van der Waals surface area contributed by atoms with Crippen molar-refractivity contribution in [2.75, 3.05) is 49.2 Å². The monoisotopic (exact) mass is 590 g/mol. The zero-order chi connectivity index (χ0) is 28.0. The van der Waals surface area contributed by atoms with Crippen molar-refractivity contribution in [1.29, 1.82) is 0 Å². The predicted molar refractivity (Wildman–Crippen MR) is 160 cm³/mol. The molecule has 0 spiro atoms. The average Bonchev–Trinajstić information content (AvgIpc) is 3.63. The summed E-state index contributed by atoms with van der Waals surface area (Å²) < 4.78 is 20.6. The molecule has 6 heterocycles. The van der Waals surface area contributed by atoms with E-state index in [4.69, 9.17) is 10.5 Å². The normalized spacial score (nSPS) is 17.1. The van der Waals surface area contributed by atoms with Crippen LogP contribution in [0.4, 0.5) is 16.2 Å². The highest BCUT2D eigenvalue weighted by Gasteiger charge is 2.27. The van der Waals surface area contributed by atoms with Crippen LogP contribution < -0.4 is 15.5 Å². The van der Waals surface area contributed by atoms with Crippen LogP contribution in [0.15, 0.2) is 61.4 Å². The lowest BCUT2D eigenvalue weighted by atomic mass is 9.87. The summed E-state index contributed by atoms with van der Waals surface area (Å²) in [5.74, 6) is 1.81. The van der Waals surface area contributed by atoms with Gasteiger partial charge in [0.15, 0.2) is 0 Å². The Labute approximate surface area is 248 Å². The largest absolute Gasteiger partial charge is 0.381 e. The molecule has 1 atom stereocenters. The zero-order valence-corrected chi connectivity index (χ0v) is 24.0. The maximum atomic E-state index is 13.4. The summed E-state index contributed by atoms with van der Waals surface area (Å²) in [6.07, 6.45) is 9.07. The second-order valence-electron chi connectivity index (χ2n) is 11.0. The van der Waals surface area contributed by atoms with Crippen molar-refractivity contribution < 1.29 is 9.13 Å². The number of anilines is 2. The smallest absolute Gasteiger partial charge is 0.225 e. The van der Waals surface area contributed by atoms with E-state index in [1.165, 1.54) is 12.1 Å². The maximum absolute atomic E-state index is 13.4. The van der Waals surface area contributed by atoms with Crippen LogP contribution in [0.3, 0.4) is 0 Å². The Morgan fingerprint density at radius 3 is 2.38 bits per heavy atom. The number of ether oxygens (including phenoxy) is 1. The summed E-state index contributed by atoms with van der Waals surface area (Å²) in [4.78, 5) is 26.2. The minimum absolute atomic E-state index is 0. The summed E-state index contributed by atoms with van der Waals surface area (Å²) >= 11 is 0. The Balaban J connectivity index is 0.00000316. The highest BCUT2D eigenvalue weighted by molar-refractivity contribution is 5.91. The summed E-state index contributed by atoms with van der Waals surface area (Å²) in [7, 11) is 0. The number of nitrogens with two attached hydrogens (primary N) is 1. The van der Waals surface area contributed by atoms with Crippen molar-refractivity contribution in [3.05, 3.63) is 78.4 Å². The van der Waals surface area contributed by atoms with E-state index >= 15 is 0 Å². The van der Waals surface area contributed by atoms with Crippen molar-refractivity contribution in [2.24, 2.45) is 11.7 Å². The number of rotatable bonds is 7. The molecule has 2 saturated heterocycles. The molecule has 13 heteroatoms. The number of hydrogen-bond acceptors (Lipinski definition) is 9. The van der Waals surface area contributed by atoms with Gasteiger partial charge in [-0.3, -0.25) is 4.68 Å². The zero-order valence-electron chi connectivity index (χ0n) is 23.2. The summed E-state index contributed by atoms with van der Waals surface area (Å²) in [6.45, 7) is 7.37. The lowest BCUT2D eigenvalue weighted by molar-refractivity contribution is -0.0408. The van der Waals surface area contributed by atoms with Gasteiger partial charge in [-0.15, -0.1) is 12.4 Å². The minimum Gasteiger partial charge on any atom is -0.381 e. The summed E-state index contributed by atoms with van der Waals surface area (Å²) in [5, 5.41) is 5.51. The number of hydrogen-bond donors (Lipinski definition) is 2. The number of aromatic nitrogens is 7. The average molecular weight is 591 g/mol. The lowest BCUT2D eigenvalue weighted by Crippen LogP contribution is -2.47. The summed E-state index contributed by atoms with van der Waals surface area (Å²) in [6, 6.07) is 8.32. The Morgan fingerprint density at radius 1 is 0.976 bits per heavy atom. The van der Waals surface area contributed by atoms with E-state index in [1.807, 2.05) is 17.8 Å². The molecule has 11 nitrogen and oxygen atoms in total. The van der Waals surface area contributed by atoms with E-state index in [2.05, 4.69) is 52.1 Å². The lowest BCUT2D eigenvalue weighted by Gasteiger charge is -2.35. The van der Waals surface area contributed by atoms with Crippen molar-refractivity contribution in [2.45, 2.75) is 19.0 Å². The molecular weight excluding hydrogens is 559 g/mol. The van der Waals surface area contributed by atoms with Gasteiger partial charge in [0.1, 0.15) is 23.6 Å². The van der Waals surface area contributed by atoms with Crippen LogP contribution in [-0.2, 0) is 16.8 Å². The number of benzene rings is 1. The molecule has 218 valence electrons. The molecule has 0 radical (unpaired) electrons. The standard InChI is InChI=1S/C29H31FN10O.ClH/c1-29(31,21-2-4-23(30)5-3-21)22-12-32-28(33-13-22)39-8-6-38(7-9-39)27-24-10-25(37-26(24)34-18-35-27)20-11-36-40(15-20)14-19-16-41-17-19;/h2-5,10-13,15,18-19H,6-9,14,16-17,31H2,1H3,(H,34,35,37);1H/t29-;/m0./s1. The number of nitrogens with one attached hydrogen (secondary N) is 1. The third-order valence-corrected chi connectivity index (χ3v) is 8.05. The van der Waals surface area contributed by atoms with E-state index in [0.29, 0.717) is 11.9 Å². The van der Waals surface area contributed by atoms with Crippen LogP contribution in [0.1, 0.15) is 18.1 Å².